The van der Waals surface area contributed by atoms with Gasteiger partial charge in [-0.1, -0.05) is 11.8 Å². The average molecular weight is 280 g/mol. The first-order valence-corrected chi connectivity index (χ1v) is 6.66. The molecule has 2 heterocycles. The van der Waals surface area contributed by atoms with Crippen LogP contribution >= 0.6 is 11.8 Å². The fourth-order valence-electron chi connectivity index (χ4n) is 2.05. The van der Waals surface area contributed by atoms with Gasteiger partial charge in [0, 0.05) is 0 Å². The molecule has 0 amide bonds. The largest absolute Gasteiger partial charge is 0.391 e. The molecule has 0 aromatic rings. The van der Waals surface area contributed by atoms with Gasteiger partial charge >= 0.3 is 0 Å². The summed E-state index contributed by atoms with van der Waals surface area (Å²) in [6.07, 6.45) is -3.95. The second-order valence-corrected chi connectivity index (χ2v) is 5.44. The molecule has 0 aliphatic carbocycles. The van der Waals surface area contributed by atoms with Gasteiger partial charge in [-0.05, 0) is 6.92 Å². The third-order valence-corrected chi connectivity index (χ3v) is 4.08. The van der Waals surface area contributed by atoms with E-state index >= 15 is 0 Å². The fraction of sp³-hybridized carbons (Fsp3) is 0.900. The average Bonchev–Trinajstić information content (AvgIpc) is 2.74. The third-order valence-electron chi connectivity index (χ3n) is 2.97. The van der Waals surface area contributed by atoms with Crippen LogP contribution in [0.2, 0.25) is 0 Å². The number of thioether (sulfide) groups is 1. The molecule has 0 bridgehead atoms. The van der Waals surface area contributed by atoms with Gasteiger partial charge in [-0.15, -0.1) is 0 Å². The molecule has 104 valence electrons. The Morgan fingerprint density at radius 3 is 2.83 bits per heavy atom. The van der Waals surface area contributed by atoms with Crippen LogP contribution in [0.3, 0.4) is 0 Å². The molecule has 0 aromatic heterocycles. The topological polar surface area (TPSA) is 94.3 Å². The Hall–Kier alpha value is -0.410. The van der Waals surface area contributed by atoms with Crippen molar-refractivity contribution in [3.8, 4) is 0 Å². The molecule has 18 heavy (non-hydrogen) atoms. The van der Waals surface area contributed by atoms with Crippen LogP contribution in [0.25, 0.3) is 0 Å². The zero-order chi connectivity index (χ0) is 13.3. The van der Waals surface area contributed by atoms with Crippen molar-refractivity contribution in [2.75, 3.05) is 13.2 Å². The number of aliphatic imine (C=N–C) groups is 1. The zero-order valence-electron chi connectivity index (χ0n) is 9.86. The molecular formula is C10H17FN2O4S. The Bertz CT molecular complexity index is 331. The van der Waals surface area contributed by atoms with Crippen molar-refractivity contribution in [3.05, 3.63) is 0 Å². The van der Waals surface area contributed by atoms with E-state index in [4.69, 9.17) is 4.74 Å². The van der Waals surface area contributed by atoms with Crippen LogP contribution in [0.1, 0.15) is 6.92 Å². The highest BCUT2D eigenvalue weighted by Gasteiger charge is 2.50. The van der Waals surface area contributed by atoms with E-state index in [1.807, 2.05) is 0 Å². The number of aliphatic hydroxyl groups is 3. The number of nitrogens with zero attached hydrogens (tertiary/aromatic N) is 1. The van der Waals surface area contributed by atoms with Crippen molar-refractivity contribution in [3.63, 3.8) is 0 Å². The molecule has 2 aliphatic heterocycles. The lowest BCUT2D eigenvalue weighted by molar-refractivity contribution is -0.184. The number of halogens is 1. The molecule has 2 saturated heterocycles. The number of alkyl halides is 1. The SMILES string of the molecule is C[C@H](O)C1OC2SC(=NCCF)NC2C(O)C1O. The molecule has 6 nitrogen and oxygen atoms in total. The molecule has 0 spiro atoms. The van der Waals surface area contributed by atoms with E-state index in [-0.39, 0.29) is 6.54 Å². The fourth-order valence-corrected chi connectivity index (χ4v) is 3.20. The zero-order valence-corrected chi connectivity index (χ0v) is 10.7. The van der Waals surface area contributed by atoms with E-state index in [9.17, 15) is 19.7 Å². The van der Waals surface area contributed by atoms with E-state index in [0.717, 1.165) is 0 Å². The van der Waals surface area contributed by atoms with Crippen LogP contribution in [0.4, 0.5) is 4.39 Å². The molecule has 4 N–H and O–H groups in total. The van der Waals surface area contributed by atoms with Crippen molar-refractivity contribution < 1.29 is 24.4 Å². The first kappa shape index (κ1) is 14.0. The highest BCUT2D eigenvalue weighted by Crippen LogP contribution is 2.34. The predicted molar refractivity (Wildman–Crippen MR) is 65.1 cm³/mol. The van der Waals surface area contributed by atoms with Crippen molar-refractivity contribution in [2.45, 2.75) is 42.8 Å². The lowest BCUT2D eigenvalue weighted by atomic mass is 9.95. The van der Waals surface area contributed by atoms with Gasteiger partial charge in [0.05, 0.1) is 18.7 Å². The maximum Gasteiger partial charge on any atom is 0.159 e. The molecule has 0 aromatic carbocycles. The van der Waals surface area contributed by atoms with Crippen molar-refractivity contribution in [2.24, 2.45) is 4.99 Å². The van der Waals surface area contributed by atoms with Gasteiger partial charge in [-0.25, -0.2) is 4.39 Å². The lowest BCUT2D eigenvalue weighted by Crippen LogP contribution is -2.61. The van der Waals surface area contributed by atoms with Gasteiger partial charge in [0.2, 0.25) is 0 Å². The third kappa shape index (κ3) is 2.62. The summed E-state index contributed by atoms with van der Waals surface area (Å²) in [5.74, 6) is 0. The highest BCUT2D eigenvalue weighted by atomic mass is 32.2. The lowest BCUT2D eigenvalue weighted by Gasteiger charge is -2.40. The smallest absolute Gasteiger partial charge is 0.159 e. The maximum atomic E-state index is 12.0. The minimum absolute atomic E-state index is 0.0489. The summed E-state index contributed by atoms with van der Waals surface area (Å²) in [4.78, 5) is 3.95. The molecule has 2 aliphatic rings. The summed E-state index contributed by atoms with van der Waals surface area (Å²) in [5, 5.41) is 32.7. The number of amidine groups is 1. The van der Waals surface area contributed by atoms with Gasteiger partial charge in [0.25, 0.3) is 0 Å². The van der Waals surface area contributed by atoms with E-state index in [1.54, 1.807) is 0 Å². The molecular weight excluding hydrogens is 263 g/mol. The van der Waals surface area contributed by atoms with E-state index in [2.05, 4.69) is 10.3 Å². The van der Waals surface area contributed by atoms with Crippen molar-refractivity contribution in [1.29, 1.82) is 0 Å². The molecule has 2 rings (SSSR count). The van der Waals surface area contributed by atoms with Gasteiger partial charge in [0.1, 0.15) is 30.4 Å². The number of hydrogen-bond acceptors (Lipinski definition) is 6. The summed E-state index contributed by atoms with van der Waals surface area (Å²) >= 11 is 1.23. The predicted octanol–water partition coefficient (Wildman–Crippen LogP) is -1.16. The van der Waals surface area contributed by atoms with Gasteiger partial charge in [-0.3, -0.25) is 4.99 Å². The minimum atomic E-state index is -1.17. The van der Waals surface area contributed by atoms with Crippen LogP contribution < -0.4 is 5.32 Å². The van der Waals surface area contributed by atoms with Crippen LogP contribution in [0.5, 0.6) is 0 Å². The van der Waals surface area contributed by atoms with Crippen LogP contribution in [0, 0.1) is 0 Å². The molecule has 6 atom stereocenters. The summed E-state index contributed by atoms with van der Waals surface area (Å²) in [6.45, 7) is 0.989. The van der Waals surface area contributed by atoms with Crippen LogP contribution in [-0.2, 0) is 4.74 Å². The minimum Gasteiger partial charge on any atom is -0.391 e. The molecule has 2 fully saturated rings. The molecule has 0 saturated carbocycles. The van der Waals surface area contributed by atoms with Crippen molar-refractivity contribution >= 4 is 16.9 Å². The number of ether oxygens (including phenoxy) is 1. The quantitative estimate of drug-likeness (QED) is 0.521. The van der Waals surface area contributed by atoms with Gasteiger partial charge < -0.3 is 25.4 Å². The Morgan fingerprint density at radius 1 is 1.50 bits per heavy atom. The standard InChI is InChI=1S/C10H17FN2O4S/c1-4(14)8-7(16)6(15)5-9(17-8)18-10(13-5)12-3-2-11/h4-9,14-16H,2-3H2,1H3,(H,12,13)/t4-,5?,6?,7?,8?,9?/m0/s1. The molecule has 8 heteroatoms. The van der Waals surface area contributed by atoms with Crippen LogP contribution in [-0.4, -0.2) is 69.6 Å². The normalized spacial score (nSPS) is 43.6. The van der Waals surface area contributed by atoms with Crippen molar-refractivity contribution in [1.82, 2.24) is 5.32 Å². The molecule has 0 radical (unpaired) electrons. The monoisotopic (exact) mass is 280 g/mol. The summed E-state index contributed by atoms with van der Waals surface area (Å²) in [7, 11) is 0. The number of nitrogens with one attached hydrogen (secondary N) is 1. The van der Waals surface area contributed by atoms with E-state index < -0.39 is 42.6 Å². The first-order valence-electron chi connectivity index (χ1n) is 5.78. The van der Waals surface area contributed by atoms with Gasteiger partial charge in [-0.2, -0.15) is 0 Å². The number of rotatable bonds is 3. The Labute approximate surface area is 108 Å². The Kier molecular flexibility index (Phi) is 4.44. The first-order chi connectivity index (χ1) is 8.54. The Morgan fingerprint density at radius 2 is 2.22 bits per heavy atom. The summed E-state index contributed by atoms with van der Waals surface area (Å²) in [6, 6.07) is -0.502. The second-order valence-electron chi connectivity index (χ2n) is 4.35. The number of aliphatic hydroxyl groups excluding tert-OH is 3. The number of fused-ring (bicyclic) bond motifs is 1. The summed E-state index contributed by atoms with van der Waals surface area (Å²) < 4.78 is 17.6. The number of hydrogen-bond donors (Lipinski definition) is 4. The van der Waals surface area contributed by atoms with E-state index in [0.29, 0.717) is 5.17 Å². The van der Waals surface area contributed by atoms with Crippen LogP contribution in [0.15, 0.2) is 4.99 Å². The Balaban J connectivity index is 2.07. The summed E-state index contributed by atoms with van der Waals surface area (Å²) in [5.41, 5.74) is -0.443. The maximum absolute atomic E-state index is 12.0. The second kappa shape index (κ2) is 5.70. The van der Waals surface area contributed by atoms with E-state index in [1.165, 1.54) is 18.7 Å². The van der Waals surface area contributed by atoms with Gasteiger partial charge in [0.15, 0.2) is 5.17 Å². The highest BCUT2D eigenvalue weighted by molar-refractivity contribution is 8.14. The molecule has 5 unspecified atom stereocenters.